The van der Waals surface area contributed by atoms with Gasteiger partial charge in [0.15, 0.2) is 0 Å². The summed E-state index contributed by atoms with van der Waals surface area (Å²) in [5.74, 6) is 2.06. The molecule has 0 bridgehead atoms. The van der Waals surface area contributed by atoms with E-state index in [1.807, 2.05) is 29.2 Å². The van der Waals surface area contributed by atoms with Gasteiger partial charge in [-0.2, -0.15) is 0 Å². The molecule has 2 heterocycles. The average molecular weight is 395 g/mol. The number of carbonyl (C=O) groups excluding carboxylic acids is 1. The maximum absolute atomic E-state index is 13.8. The lowest BCUT2D eigenvalue weighted by molar-refractivity contribution is 0.0694. The molecule has 2 aromatic rings. The zero-order valence-electron chi connectivity index (χ0n) is 17.5. The van der Waals surface area contributed by atoms with Crippen LogP contribution < -0.4 is 9.47 Å². The van der Waals surface area contributed by atoms with E-state index in [2.05, 4.69) is 36.1 Å². The molecule has 2 aromatic carbocycles. The highest BCUT2D eigenvalue weighted by molar-refractivity contribution is 6.00. The van der Waals surface area contributed by atoms with Crippen molar-refractivity contribution in [3.63, 3.8) is 0 Å². The van der Waals surface area contributed by atoms with E-state index >= 15 is 0 Å². The smallest absolute Gasteiger partial charge is 0.261 e. The Morgan fingerprint density at radius 3 is 2.28 bits per heavy atom. The summed E-state index contributed by atoms with van der Waals surface area (Å²) in [4.78, 5) is 18.4. The predicted octanol–water partition coefficient (Wildman–Crippen LogP) is 3.86. The first kappa shape index (κ1) is 19.8. The van der Waals surface area contributed by atoms with Crippen molar-refractivity contribution in [3.8, 4) is 11.5 Å². The SMILES string of the molecule is CCCN1C[C@H]2CN(C(=O)c3c(OC)cccc3OC)[C@H](c3ccccc3)[C@H]2C1. The molecule has 1 amide bonds. The van der Waals surface area contributed by atoms with Crippen LogP contribution in [0.3, 0.4) is 0 Å². The van der Waals surface area contributed by atoms with Crippen LogP contribution >= 0.6 is 0 Å². The van der Waals surface area contributed by atoms with Gasteiger partial charge in [-0.25, -0.2) is 0 Å². The summed E-state index contributed by atoms with van der Waals surface area (Å²) >= 11 is 0. The Kier molecular flexibility index (Phi) is 5.76. The van der Waals surface area contributed by atoms with Crippen LogP contribution in [0.5, 0.6) is 11.5 Å². The van der Waals surface area contributed by atoms with E-state index in [1.165, 1.54) is 5.56 Å². The van der Waals surface area contributed by atoms with Gasteiger partial charge < -0.3 is 19.3 Å². The van der Waals surface area contributed by atoms with E-state index in [0.29, 0.717) is 28.9 Å². The Hall–Kier alpha value is -2.53. The summed E-state index contributed by atoms with van der Waals surface area (Å²) in [7, 11) is 3.20. The predicted molar refractivity (Wildman–Crippen MR) is 113 cm³/mol. The Balaban J connectivity index is 1.71. The number of hydrogen-bond donors (Lipinski definition) is 0. The van der Waals surface area contributed by atoms with Crippen molar-refractivity contribution in [1.82, 2.24) is 9.80 Å². The van der Waals surface area contributed by atoms with E-state index in [-0.39, 0.29) is 11.9 Å². The quantitative estimate of drug-likeness (QED) is 0.746. The summed E-state index contributed by atoms with van der Waals surface area (Å²) in [5.41, 5.74) is 1.73. The van der Waals surface area contributed by atoms with Gasteiger partial charge in [0.05, 0.1) is 20.3 Å². The molecule has 0 N–H and O–H groups in total. The van der Waals surface area contributed by atoms with Crippen LogP contribution in [0.15, 0.2) is 48.5 Å². The fourth-order valence-electron chi connectivity index (χ4n) is 5.13. The third-order valence-corrected chi connectivity index (χ3v) is 6.32. The second kappa shape index (κ2) is 8.46. The van der Waals surface area contributed by atoms with Crippen LogP contribution in [0, 0.1) is 11.8 Å². The highest BCUT2D eigenvalue weighted by Crippen LogP contribution is 2.46. The summed E-state index contributed by atoms with van der Waals surface area (Å²) in [6, 6.07) is 16.0. The molecule has 2 aliphatic heterocycles. The van der Waals surface area contributed by atoms with Gasteiger partial charge in [0.2, 0.25) is 0 Å². The number of benzene rings is 2. The number of fused-ring (bicyclic) bond motifs is 1. The van der Waals surface area contributed by atoms with Crippen LogP contribution in [0.2, 0.25) is 0 Å². The van der Waals surface area contributed by atoms with Crippen molar-refractivity contribution in [2.45, 2.75) is 19.4 Å². The Morgan fingerprint density at radius 2 is 1.66 bits per heavy atom. The maximum atomic E-state index is 13.8. The van der Waals surface area contributed by atoms with Gasteiger partial charge >= 0.3 is 0 Å². The topological polar surface area (TPSA) is 42.0 Å². The van der Waals surface area contributed by atoms with Gasteiger partial charge in [-0.05, 0) is 36.6 Å². The van der Waals surface area contributed by atoms with Gasteiger partial charge in [0.1, 0.15) is 17.1 Å². The van der Waals surface area contributed by atoms with E-state index < -0.39 is 0 Å². The molecule has 29 heavy (non-hydrogen) atoms. The monoisotopic (exact) mass is 394 g/mol. The summed E-state index contributed by atoms with van der Waals surface area (Å²) in [6.07, 6.45) is 1.16. The minimum Gasteiger partial charge on any atom is -0.496 e. The van der Waals surface area contributed by atoms with E-state index in [1.54, 1.807) is 14.2 Å². The Morgan fingerprint density at radius 1 is 0.966 bits per heavy atom. The summed E-state index contributed by atoms with van der Waals surface area (Å²) < 4.78 is 11.0. The van der Waals surface area contributed by atoms with Gasteiger partial charge in [0.25, 0.3) is 5.91 Å². The first-order valence-electron chi connectivity index (χ1n) is 10.5. The molecule has 0 spiro atoms. The number of likely N-dealkylation sites (tertiary alicyclic amines) is 2. The molecule has 2 aliphatic rings. The Labute approximate surface area is 173 Å². The third kappa shape index (κ3) is 3.60. The number of hydrogen-bond acceptors (Lipinski definition) is 4. The number of rotatable bonds is 6. The number of nitrogens with zero attached hydrogens (tertiary/aromatic N) is 2. The van der Waals surface area contributed by atoms with Crippen LogP contribution in [-0.4, -0.2) is 56.1 Å². The largest absolute Gasteiger partial charge is 0.496 e. The fourth-order valence-corrected chi connectivity index (χ4v) is 5.13. The molecule has 0 aromatic heterocycles. The van der Waals surface area contributed by atoms with Gasteiger partial charge in [-0.15, -0.1) is 0 Å². The minimum atomic E-state index is -0.00963. The molecule has 5 nitrogen and oxygen atoms in total. The van der Waals surface area contributed by atoms with Crippen molar-refractivity contribution in [1.29, 1.82) is 0 Å². The van der Waals surface area contributed by atoms with E-state index in [0.717, 1.165) is 32.6 Å². The van der Waals surface area contributed by atoms with Crippen molar-refractivity contribution >= 4 is 5.91 Å². The second-order valence-corrected chi connectivity index (χ2v) is 8.03. The van der Waals surface area contributed by atoms with Crippen molar-refractivity contribution < 1.29 is 14.3 Å². The van der Waals surface area contributed by atoms with Crippen molar-refractivity contribution in [2.75, 3.05) is 40.4 Å². The highest BCUT2D eigenvalue weighted by Gasteiger charge is 2.49. The molecular weight excluding hydrogens is 364 g/mol. The normalized spacial score (nSPS) is 23.8. The van der Waals surface area contributed by atoms with E-state index in [9.17, 15) is 4.79 Å². The number of amides is 1. The molecule has 0 radical (unpaired) electrons. The van der Waals surface area contributed by atoms with Crippen LogP contribution in [0.1, 0.15) is 35.3 Å². The lowest BCUT2D eigenvalue weighted by atomic mass is 9.89. The van der Waals surface area contributed by atoms with Gasteiger partial charge in [-0.1, -0.05) is 43.3 Å². The van der Waals surface area contributed by atoms with Crippen molar-refractivity contribution in [2.24, 2.45) is 11.8 Å². The zero-order valence-corrected chi connectivity index (χ0v) is 17.5. The van der Waals surface area contributed by atoms with Crippen LogP contribution in [0.25, 0.3) is 0 Å². The minimum absolute atomic E-state index is 0.00963. The first-order chi connectivity index (χ1) is 14.2. The van der Waals surface area contributed by atoms with Gasteiger partial charge in [0, 0.05) is 25.6 Å². The molecule has 0 aliphatic carbocycles. The van der Waals surface area contributed by atoms with Gasteiger partial charge in [-0.3, -0.25) is 4.79 Å². The molecule has 2 saturated heterocycles. The number of methoxy groups -OCH3 is 2. The fraction of sp³-hybridized carbons (Fsp3) is 0.458. The molecule has 0 unspecified atom stereocenters. The lowest BCUT2D eigenvalue weighted by Crippen LogP contribution is -2.36. The summed E-state index contributed by atoms with van der Waals surface area (Å²) in [5, 5.41) is 0. The first-order valence-corrected chi connectivity index (χ1v) is 10.5. The highest BCUT2D eigenvalue weighted by atomic mass is 16.5. The average Bonchev–Trinajstić information content (AvgIpc) is 3.30. The van der Waals surface area contributed by atoms with Crippen LogP contribution in [0.4, 0.5) is 0 Å². The molecule has 154 valence electrons. The molecule has 0 saturated carbocycles. The van der Waals surface area contributed by atoms with Crippen LogP contribution in [-0.2, 0) is 0 Å². The molecule has 4 rings (SSSR count). The molecular formula is C24H30N2O3. The molecule has 3 atom stereocenters. The standard InChI is InChI=1S/C24H30N2O3/c1-4-13-25-14-18-15-26(23(19(18)16-25)17-9-6-5-7-10-17)24(27)22-20(28-2)11-8-12-21(22)29-3/h5-12,18-19,23H,4,13-16H2,1-3H3/t18-,19-,23+/m0/s1. The Bertz CT molecular complexity index is 832. The summed E-state index contributed by atoms with van der Waals surface area (Å²) in [6.45, 7) is 6.24. The van der Waals surface area contributed by atoms with Crippen molar-refractivity contribution in [3.05, 3.63) is 59.7 Å². The lowest BCUT2D eigenvalue weighted by Gasteiger charge is -2.30. The van der Waals surface area contributed by atoms with E-state index in [4.69, 9.17) is 9.47 Å². The number of carbonyl (C=O) groups is 1. The maximum Gasteiger partial charge on any atom is 0.261 e. The third-order valence-electron chi connectivity index (χ3n) is 6.32. The molecule has 2 fully saturated rings. The second-order valence-electron chi connectivity index (χ2n) is 8.03. The zero-order chi connectivity index (χ0) is 20.4. The number of ether oxygens (including phenoxy) is 2. The molecule has 5 heteroatoms.